The Hall–Kier alpha value is -0.830. The Balaban J connectivity index is 1.99. The van der Waals surface area contributed by atoms with Gasteiger partial charge in [0.1, 0.15) is 0 Å². The molecule has 0 bridgehead atoms. The average Bonchev–Trinajstić information content (AvgIpc) is 2.19. The van der Waals surface area contributed by atoms with Gasteiger partial charge in [0, 0.05) is 25.0 Å². The quantitative estimate of drug-likeness (QED) is 0.634. The third kappa shape index (κ3) is 1.98. The minimum Gasteiger partial charge on any atom is -0.336 e. The van der Waals surface area contributed by atoms with E-state index in [-0.39, 0.29) is 11.9 Å². The van der Waals surface area contributed by atoms with Crippen LogP contribution in [-0.4, -0.2) is 29.4 Å². The van der Waals surface area contributed by atoms with Crippen molar-refractivity contribution in [3.8, 4) is 0 Å². The second-order valence-electron chi connectivity index (χ2n) is 4.27. The zero-order valence-corrected chi connectivity index (χ0v) is 8.48. The molecular formula is C11H18N2O. The molecule has 14 heavy (non-hydrogen) atoms. The molecule has 78 valence electrons. The fourth-order valence-corrected chi connectivity index (χ4v) is 2.28. The van der Waals surface area contributed by atoms with Crippen molar-refractivity contribution in [3.05, 3.63) is 12.2 Å². The summed E-state index contributed by atoms with van der Waals surface area (Å²) in [6, 6.07) is 0.440. The van der Waals surface area contributed by atoms with Crippen LogP contribution < -0.4 is 5.73 Å². The lowest BCUT2D eigenvalue weighted by molar-refractivity contribution is -0.135. The van der Waals surface area contributed by atoms with E-state index in [2.05, 4.69) is 12.2 Å². The molecule has 2 aliphatic rings. The van der Waals surface area contributed by atoms with Gasteiger partial charge in [-0.15, -0.1) is 0 Å². The molecule has 1 aliphatic carbocycles. The van der Waals surface area contributed by atoms with Crippen LogP contribution >= 0.6 is 0 Å². The highest BCUT2D eigenvalue weighted by Gasteiger charge is 2.28. The molecule has 1 amide bonds. The number of hydrogen-bond acceptors (Lipinski definition) is 2. The van der Waals surface area contributed by atoms with Gasteiger partial charge < -0.3 is 10.6 Å². The predicted molar refractivity (Wildman–Crippen MR) is 55.7 cm³/mol. The van der Waals surface area contributed by atoms with Crippen molar-refractivity contribution in [2.24, 2.45) is 5.73 Å². The Bertz CT molecular complexity index is 250. The molecule has 0 aromatic carbocycles. The van der Waals surface area contributed by atoms with Crippen molar-refractivity contribution in [1.82, 2.24) is 4.90 Å². The summed E-state index contributed by atoms with van der Waals surface area (Å²) in [5.41, 5.74) is 5.75. The maximum atomic E-state index is 11.7. The van der Waals surface area contributed by atoms with Crippen LogP contribution in [0.4, 0.5) is 0 Å². The Labute approximate surface area is 84.9 Å². The third-order valence-corrected chi connectivity index (χ3v) is 3.13. The maximum absolute atomic E-state index is 11.7. The number of rotatable bonds is 1. The summed E-state index contributed by atoms with van der Waals surface area (Å²) >= 11 is 0. The highest BCUT2D eigenvalue weighted by molar-refractivity contribution is 5.78. The molecule has 1 aliphatic heterocycles. The van der Waals surface area contributed by atoms with Gasteiger partial charge in [0.25, 0.3) is 0 Å². The number of hydrogen-bond donors (Lipinski definition) is 1. The molecule has 3 heteroatoms. The molecule has 2 N–H and O–H groups in total. The van der Waals surface area contributed by atoms with Crippen molar-refractivity contribution in [3.63, 3.8) is 0 Å². The van der Waals surface area contributed by atoms with E-state index in [1.54, 1.807) is 0 Å². The Morgan fingerprint density at radius 2 is 2.29 bits per heavy atom. The second-order valence-corrected chi connectivity index (χ2v) is 4.27. The number of amides is 1. The van der Waals surface area contributed by atoms with E-state index in [1.165, 1.54) is 6.42 Å². The minimum absolute atomic E-state index is 0.0892. The second kappa shape index (κ2) is 4.13. The van der Waals surface area contributed by atoms with E-state index >= 15 is 0 Å². The highest BCUT2D eigenvalue weighted by Crippen LogP contribution is 2.21. The van der Waals surface area contributed by atoms with Gasteiger partial charge in [-0.2, -0.15) is 0 Å². The number of piperidine rings is 1. The number of allylic oxidation sites excluding steroid dienone is 1. The van der Waals surface area contributed by atoms with Crippen LogP contribution in [-0.2, 0) is 4.79 Å². The molecule has 2 unspecified atom stereocenters. The van der Waals surface area contributed by atoms with Crippen LogP contribution in [0.15, 0.2) is 12.2 Å². The summed E-state index contributed by atoms with van der Waals surface area (Å²) in [7, 11) is 0. The van der Waals surface area contributed by atoms with Gasteiger partial charge in [-0.25, -0.2) is 0 Å². The summed E-state index contributed by atoms with van der Waals surface area (Å²) in [5.74, 6) is 0.236. The molecular weight excluding hydrogens is 176 g/mol. The first kappa shape index (κ1) is 9.71. The van der Waals surface area contributed by atoms with E-state index in [9.17, 15) is 4.79 Å². The number of likely N-dealkylation sites (tertiary alicyclic amines) is 1. The van der Waals surface area contributed by atoms with Crippen molar-refractivity contribution in [2.75, 3.05) is 6.54 Å². The number of carbonyl (C=O) groups is 1. The van der Waals surface area contributed by atoms with E-state index in [1.807, 2.05) is 4.90 Å². The van der Waals surface area contributed by atoms with E-state index in [0.717, 1.165) is 25.8 Å². The largest absolute Gasteiger partial charge is 0.336 e. The van der Waals surface area contributed by atoms with Gasteiger partial charge in [-0.3, -0.25) is 4.79 Å². The molecule has 2 atom stereocenters. The molecule has 2 rings (SSSR count). The molecule has 0 saturated carbocycles. The summed E-state index contributed by atoms with van der Waals surface area (Å²) in [6.07, 6.45) is 9.35. The average molecular weight is 194 g/mol. The standard InChI is InChI=1S/C11H18N2O/c12-9-6-7-13(11(14)8-9)10-4-2-1-3-5-10/h2,4,9-10H,1,3,5-8,12H2. The zero-order chi connectivity index (χ0) is 9.97. The van der Waals surface area contributed by atoms with Crippen LogP contribution in [0.3, 0.4) is 0 Å². The monoisotopic (exact) mass is 194 g/mol. The van der Waals surface area contributed by atoms with Crippen LogP contribution in [0, 0.1) is 0 Å². The lowest BCUT2D eigenvalue weighted by Gasteiger charge is -2.36. The lowest BCUT2D eigenvalue weighted by atomic mass is 9.97. The molecule has 1 heterocycles. The highest BCUT2D eigenvalue weighted by atomic mass is 16.2. The summed E-state index contributed by atoms with van der Waals surface area (Å²) in [4.78, 5) is 13.7. The normalized spacial score (nSPS) is 33.5. The van der Waals surface area contributed by atoms with Gasteiger partial charge >= 0.3 is 0 Å². The minimum atomic E-state index is 0.0892. The fourth-order valence-electron chi connectivity index (χ4n) is 2.28. The van der Waals surface area contributed by atoms with Crippen LogP contribution in [0.2, 0.25) is 0 Å². The number of nitrogens with zero attached hydrogens (tertiary/aromatic N) is 1. The van der Waals surface area contributed by atoms with E-state index < -0.39 is 0 Å². The van der Waals surface area contributed by atoms with Gasteiger partial charge in [0.2, 0.25) is 5.91 Å². The molecule has 0 aromatic heterocycles. The maximum Gasteiger partial charge on any atom is 0.224 e. The van der Waals surface area contributed by atoms with E-state index in [0.29, 0.717) is 12.5 Å². The van der Waals surface area contributed by atoms with Crippen molar-refractivity contribution >= 4 is 5.91 Å². The zero-order valence-electron chi connectivity index (χ0n) is 8.48. The summed E-state index contributed by atoms with van der Waals surface area (Å²) in [6.45, 7) is 0.842. The molecule has 0 radical (unpaired) electrons. The van der Waals surface area contributed by atoms with Crippen molar-refractivity contribution < 1.29 is 4.79 Å². The van der Waals surface area contributed by atoms with Gasteiger partial charge in [-0.1, -0.05) is 12.2 Å². The van der Waals surface area contributed by atoms with Crippen LogP contribution in [0.5, 0.6) is 0 Å². The SMILES string of the molecule is NC1CCN(C2C=CCCC2)C(=O)C1. The molecule has 0 spiro atoms. The molecule has 0 aromatic rings. The lowest BCUT2D eigenvalue weighted by Crippen LogP contribution is -2.48. The van der Waals surface area contributed by atoms with Gasteiger partial charge in [-0.05, 0) is 25.7 Å². The van der Waals surface area contributed by atoms with E-state index in [4.69, 9.17) is 5.73 Å². The van der Waals surface area contributed by atoms with Crippen LogP contribution in [0.25, 0.3) is 0 Å². The smallest absolute Gasteiger partial charge is 0.224 e. The Kier molecular flexibility index (Phi) is 2.87. The van der Waals surface area contributed by atoms with Gasteiger partial charge in [0.15, 0.2) is 0 Å². The number of nitrogens with two attached hydrogens (primary N) is 1. The molecule has 1 saturated heterocycles. The predicted octanol–water partition coefficient (Wildman–Crippen LogP) is 1.04. The topological polar surface area (TPSA) is 46.3 Å². The van der Waals surface area contributed by atoms with Gasteiger partial charge in [0.05, 0.1) is 0 Å². The number of carbonyl (C=O) groups excluding carboxylic acids is 1. The van der Waals surface area contributed by atoms with Crippen LogP contribution in [0.1, 0.15) is 32.1 Å². The van der Waals surface area contributed by atoms with Crippen molar-refractivity contribution in [2.45, 2.75) is 44.2 Å². The van der Waals surface area contributed by atoms with Crippen molar-refractivity contribution in [1.29, 1.82) is 0 Å². The molecule has 3 nitrogen and oxygen atoms in total. The first-order valence-corrected chi connectivity index (χ1v) is 5.49. The first-order chi connectivity index (χ1) is 6.77. The molecule has 1 fully saturated rings. The fraction of sp³-hybridized carbons (Fsp3) is 0.727. The Morgan fingerprint density at radius 1 is 1.43 bits per heavy atom. The first-order valence-electron chi connectivity index (χ1n) is 5.49. The summed E-state index contributed by atoms with van der Waals surface area (Å²) < 4.78 is 0. The Morgan fingerprint density at radius 3 is 2.93 bits per heavy atom. The summed E-state index contributed by atoms with van der Waals surface area (Å²) in [5, 5.41) is 0. The third-order valence-electron chi connectivity index (χ3n) is 3.13.